The molecule has 2 atom stereocenters. The van der Waals surface area contributed by atoms with Crippen LogP contribution in [0.15, 0.2) is 30.3 Å². The van der Waals surface area contributed by atoms with Gasteiger partial charge in [0.05, 0.1) is 12.6 Å². The predicted molar refractivity (Wildman–Crippen MR) is 75.2 cm³/mol. The Bertz CT molecular complexity index is 433. The molecule has 0 aliphatic heterocycles. The van der Waals surface area contributed by atoms with Gasteiger partial charge in [0, 0.05) is 5.56 Å². The largest absolute Gasteiger partial charge is 0.464 e. The van der Waals surface area contributed by atoms with Gasteiger partial charge < -0.3 is 15.2 Å². The van der Waals surface area contributed by atoms with Gasteiger partial charge in [-0.1, -0.05) is 31.5 Å². The minimum absolute atomic E-state index is 0.196. The molecule has 0 heterocycles. The number of amides is 1. The van der Waals surface area contributed by atoms with Crippen LogP contribution < -0.4 is 5.32 Å². The number of benzene rings is 1. The molecule has 0 spiro atoms. The molecule has 0 aliphatic carbocycles. The fourth-order valence-electron chi connectivity index (χ4n) is 1.85. The molecule has 0 fully saturated rings. The highest BCUT2D eigenvalue weighted by Gasteiger charge is 2.28. The second-order valence-electron chi connectivity index (χ2n) is 4.43. The maximum absolute atomic E-state index is 12.0. The van der Waals surface area contributed by atoms with Crippen LogP contribution in [0, 0.1) is 0 Å². The van der Waals surface area contributed by atoms with E-state index in [1.807, 2.05) is 13.0 Å². The number of carbonyl (C=O) groups excluding carboxylic acids is 2. The second kappa shape index (κ2) is 8.32. The number of aliphatic hydroxyl groups is 1. The van der Waals surface area contributed by atoms with Crippen LogP contribution in [-0.4, -0.2) is 35.7 Å². The van der Waals surface area contributed by atoms with Gasteiger partial charge in [-0.2, -0.15) is 0 Å². The third-order valence-electron chi connectivity index (χ3n) is 2.86. The van der Waals surface area contributed by atoms with E-state index in [0.717, 1.165) is 6.42 Å². The van der Waals surface area contributed by atoms with Gasteiger partial charge in [-0.15, -0.1) is 0 Å². The SMILES string of the molecule is CCCC(NC(=O)c1ccccc1)C(O)C(=O)OCC. The number of esters is 1. The Labute approximate surface area is 118 Å². The first kappa shape index (κ1) is 16.2. The number of ether oxygens (including phenoxy) is 1. The number of carbonyl (C=O) groups is 2. The maximum atomic E-state index is 12.0. The summed E-state index contributed by atoms with van der Waals surface area (Å²) < 4.78 is 4.78. The number of rotatable bonds is 7. The lowest BCUT2D eigenvalue weighted by molar-refractivity contribution is -0.154. The van der Waals surface area contributed by atoms with Crippen molar-refractivity contribution in [3.8, 4) is 0 Å². The van der Waals surface area contributed by atoms with E-state index >= 15 is 0 Å². The summed E-state index contributed by atoms with van der Waals surface area (Å²) in [5, 5.41) is 12.6. The molecule has 1 amide bonds. The minimum Gasteiger partial charge on any atom is -0.464 e. The first-order chi connectivity index (χ1) is 9.60. The van der Waals surface area contributed by atoms with E-state index in [-0.39, 0.29) is 12.5 Å². The van der Waals surface area contributed by atoms with Crippen molar-refractivity contribution in [3.63, 3.8) is 0 Å². The van der Waals surface area contributed by atoms with Crippen LogP contribution >= 0.6 is 0 Å². The fourth-order valence-corrected chi connectivity index (χ4v) is 1.85. The molecular formula is C15H21NO4. The molecule has 5 heteroatoms. The van der Waals surface area contributed by atoms with E-state index in [4.69, 9.17) is 4.74 Å². The molecule has 1 rings (SSSR count). The summed E-state index contributed by atoms with van der Waals surface area (Å²) in [6.07, 6.45) is -0.114. The summed E-state index contributed by atoms with van der Waals surface area (Å²) in [5.41, 5.74) is 0.490. The zero-order chi connectivity index (χ0) is 15.0. The molecule has 0 aromatic heterocycles. The second-order valence-corrected chi connectivity index (χ2v) is 4.43. The standard InChI is InChI=1S/C15H21NO4/c1-3-8-12(13(17)15(19)20-4-2)16-14(18)11-9-6-5-7-10-11/h5-7,9-10,12-13,17H,3-4,8H2,1-2H3,(H,16,18). The van der Waals surface area contributed by atoms with Gasteiger partial charge in [-0.25, -0.2) is 4.79 Å². The highest BCUT2D eigenvalue weighted by atomic mass is 16.5. The van der Waals surface area contributed by atoms with Crippen molar-refractivity contribution in [1.82, 2.24) is 5.32 Å². The lowest BCUT2D eigenvalue weighted by Gasteiger charge is -2.22. The summed E-state index contributed by atoms with van der Waals surface area (Å²) in [6, 6.07) is 8.03. The lowest BCUT2D eigenvalue weighted by atomic mass is 10.0. The van der Waals surface area contributed by atoms with E-state index in [0.29, 0.717) is 12.0 Å². The van der Waals surface area contributed by atoms with Crippen LogP contribution in [0.4, 0.5) is 0 Å². The molecule has 1 aromatic rings. The third kappa shape index (κ3) is 4.66. The summed E-state index contributed by atoms with van der Waals surface area (Å²) in [4.78, 5) is 23.6. The molecular weight excluding hydrogens is 258 g/mol. The van der Waals surface area contributed by atoms with Gasteiger partial charge in [0.2, 0.25) is 0 Å². The molecule has 1 aromatic carbocycles. The van der Waals surface area contributed by atoms with Crippen LogP contribution in [0.25, 0.3) is 0 Å². The Morgan fingerprint density at radius 2 is 1.90 bits per heavy atom. The van der Waals surface area contributed by atoms with Crippen LogP contribution in [0.1, 0.15) is 37.0 Å². The molecule has 0 saturated carbocycles. The summed E-state index contributed by atoms with van der Waals surface area (Å²) >= 11 is 0. The topological polar surface area (TPSA) is 75.6 Å². The summed E-state index contributed by atoms with van der Waals surface area (Å²) in [5.74, 6) is -1.02. The Morgan fingerprint density at radius 1 is 1.25 bits per heavy atom. The summed E-state index contributed by atoms with van der Waals surface area (Å²) in [6.45, 7) is 3.78. The van der Waals surface area contributed by atoms with E-state index in [1.54, 1.807) is 31.2 Å². The van der Waals surface area contributed by atoms with Crippen LogP contribution in [0.3, 0.4) is 0 Å². The van der Waals surface area contributed by atoms with Crippen molar-refractivity contribution in [2.75, 3.05) is 6.61 Å². The van der Waals surface area contributed by atoms with Crippen molar-refractivity contribution in [2.45, 2.75) is 38.8 Å². The Kier molecular flexibility index (Phi) is 6.73. The van der Waals surface area contributed by atoms with Gasteiger partial charge in [0.1, 0.15) is 0 Å². The molecule has 110 valence electrons. The van der Waals surface area contributed by atoms with Gasteiger partial charge in [0.15, 0.2) is 6.10 Å². The van der Waals surface area contributed by atoms with Gasteiger partial charge in [-0.05, 0) is 25.5 Å². The lowest BCUT2D eigenvalue weighted by Crippen LogP contribution is -2.47. The molecule has 0 saturated heterocycles. The average Bonchev–Trinajstić information content (AvgIpc) is 2.47. The number of nitrogens with one attached hydrogen (secondary N) is 1. The van der Waals surface area contributed by atoms with Crippen molar-refractivity contribution >= 4 is 11.9 Å². The van der Waals surface area contributed by atoms with Crippen LogP contribution in [-0.2, 0) is 9.53 Å². The number of hydrogen-bond donors (Lipinski definition) is 2. The third-order valence-corrected chi connectivity index (χ3v) is 2.86. The first-order valence-corrected chi connectivity index (χ1v) is 6.80. The predicted octanol–water partition coefficient (Wildman–Crippen LogP) is 1.51. The average molecular weight is 279 g/mol. The molecule has 0 radical (unpaired) electrons. The summed E-state index contributed by atoms with van der Waals surface area (Å²) in [7, 11) is 0. The van der Waals surface area contributed by atoms with E-state index < -0.39 is 18.1 Å². The highest BCUT2D eigenvalue weighted by molar-refractivity contribution is 5.94. The Morgan fingerprint density at radius 3 is 2.45 bits per heavy atom. The maximum Gasteiger partial charge on any atom is 0.337 e. The quantitative estimate of drug-likeness (QED) is 0.742. The van der Waals surface area contributed by atoms with Crippen molar-refractivity contribution in [3.05, 3.63) is 35.9 Å². The van der Waals surface area contributed by atoms with Gasteiger partial charge >= 0.3 is 5.97 Å². The zero-order valence-electron chi connectivity index (χ0n) is 11.8. The van der Waals surface area contributed by atoms with Crippen molar-refractivity contribution in [1.29, 1.82) is 0 Å². The number of aliphatic hydroxyl groups excluding tert-OH is 1. The van der Waals surface area contributed by atoms with Crippen molar-refractivity contribution in [2.24, 2.45) is 0 Å². The molecule has 0 aliphatic rings. The van der Waals surface area contributed by atoms with Gasteiger partial charge in [0.25, 0.3) is 5.91 Å². The molecule has 2 unspecified atom stereocenters. The Hall–Kier alpha value is -1.88. The Balaban J connectivity index is 2.71. The van der Waals surface area contributed by atoms with Crippen LogP contribution in [0.5, 0.6) is 0 Å². The zero-order valence-corrected chi connectivity index (χ0v) is 11.8. The highest BCUT2D eigenvalue weighted by Crippen LogP contribution is 2.07. The molecule has 5 nitrogen and oxygen atoms in total. The van der Waals surface area contributed by atoms with Crippen LogP contribution in [0.2, 0.25) is 0 Å². The fraction of sp³-hybridized carbons (Fsp3) is 0.467. The van der Waals surface area contributed by atoms with E-state index in [1.165, 1.54) is 0 Å². The first-order valence-electron chi connectivity index (χ1n) is 6.80. The minimum atomic E-state index is -1.34. The van der Waals surface area contributed by atoms with E-state index in [2.05, 4.69) is 5.32 Å². The normalized spacial score (nSPS) is 13.3. The van der Waals surface area contributed by atoms with E-state index in [9.17, 15) is 14.7 Å². The smallest absolute Gasteiger partial charge is 0.337 e. The van der Waals surface area contributed by atoms with Gasteiger partial charge in [-0.3, -0.25) is 4.79 Å². The van der Waals surface area contributed by atoms with Crippen molar-refractivity contribution < 1.29 is 19.4 Å². The molecule has 2 N–H and O–H groups in total. The molecule has 0 bridgehead atoms. The monoisotopic (exact) mass is 279 g/mol. The molecule has 20 heavy (non-hydrogen) atoms. The number of hydrogen-bond acceptors (Lipinski definition) is 4.